The van der Waals surface area contributed by atoms with Gasteiger partial charge >= 0.3 is 0 Å². The molecule has 0 unspecified atom stereocenters. The summed E-state index contributed by atoms with van der Waals surface area (Å²) in [6, 6.07) is 10.9. The first-order chi connectivity index (χ1) is 18.6. The van der Waals surface area contributed by atoms with E-state index in [0.717, 1.165) is 0 Å². The van der Waals surface area contributed by atoms with Gasteiger partial charge in [-0.1, -0.05) is 50.7 Å². The van der Waals surface area contributed by atoms with E-state index < -0.39 is 5.60 Å². The van der Waals surface area contributed by atoms with Crippen LogP contribution in [0.25, 0.3) is 0 Å². The van der Waals surface area contributed by atoms with Crippen LogP contribution in [0.3, 0.4) is 0 Å². The summed E-state index contributed by atoms with van der Waals surface area (Å²) in [5, 5.41) is 30.9. The van der Waals surface area contributed by atoms with Gasteiger partial charge in [-0.25, -0.2) is 0 Å². The minimum Gasteiger partial charge on any atom is -0.390 e. The summed E-state index contributed by atoms with van der Waals surface area (Å²) >= 11 is 0. The summed E-state index contributed by atoms with van der Waals surface area (Å²) < 4.78 is 0. The van der Waals surface area contributed by atoms with Crippen LogP contribution in [0, 0.1) is 23.7 Å². The van der Waals surface area contributed by atoms with E-state index in [1.54, 1.807) is 31.5 Å². The fourth-order valence-corrected chi connectivity index (χ4v) is 6.81. The van der Waals surface area contributed by atoms with Crippen LogP contribution in [0.4, 0.5) is 0 Å². The van der Waals surface area contributed by atoms with Gasteiger partial charge in [-0.05, 0) is 120 Å². The van der Waals surface area contributed by atoms with Gasteiger partial charge in [0, 0.05) is 12.4 Å². The standard InChI is InChI=1S/C14H26O.C12H12N2O.C8H14O/c1-14(15,12-8-4-2-5-9-12)13-10-6-3-7-11-13;1-12(15,10-6-2-4-8-13-10)11-7-3-5-9-14-11;1-8(9,6-2-3-6)7-4-5-7/h12-13,15H,2-11H2,1H3;2-9,15H,1H3;6-7,9H,2-5H2,1H3. The van der Waals surface area contributed by atoms with Gasteiger partial charge in [-0.2, -0.15) is 0 Å². The quantitative estimate of drug-likeness (QED) is 0.364. The second kappa shape index (κ2) is 13.2. The van der Waals surface area contributed by atoms with Crippen molar-refractivity contribution >= 4 is 0 Å². The second-order valence-corrected chi connectivity index (χ2v) is 13.2. The van der Waals surface area contributed by atoms with Crippen LogP contribution in [-0.4, -0.2) is 36.5 Å². The highest BCUT2D eigenvalue weighted by Gasteiger charge is 2.49. The summed E-state index contributed by atoms with van der Waals surface area (Å²) in [6.07, 6.45) is 21.6. The van der Waals surface area contributed by atoms with Crippen molar-refractivity contribution in [3.05, 3.63) is 60.2 Å². The number of pyridine rings is 2. The number of hydrogen-bond acceptors (Lipinski definition) is 5. The van der Waals surface area contributed by atoms with Crippen LogP contribution in [0.2, 0.25) is 0 Å². The molecule has 0 bridgehead atoms. The third-order valence-electron chi connectivity index (χ3n) is 10.00. The molecule has 4 aliphatic carbocycles. The topological polar surface area (TPSA) is 86.5 Å². The minimum absolute atomic E-state index is 0.278. The zero-order chi connectivity index (χ0) is 27.9. The summed E-state index contributed by atoms with van der Waals surface area (Å²) in [6.45, 7) is 5.83. The zero-order valence-electron chi connectivity index (χ0n) is 24.6. The lowest BCUT2D eigenvalue weighted by Crippen LogP contribution is -2.44. The van der Waals surface area contributed by atoms with E-state index in [2.05, 4.69) is 16.9 Å². The Morgan fingerprint density at radius 2 is 0.846 bits per heavy atom. The van der Waals surface area contributed by atoms with Crippen molar-refractivity contribution in [1.29, 1.82) is 0 Å². The predicted octanol–water partition coefficient (Wildman–Crippen LogP) is 7.19. The van der Waals surface area contributed by atoms with Crippen molar-refractivity contribution in [3.63, 3.8) is 0 Å². The van der Waals surface area contributed by atoms with Gasteiger partial charge in [0.25, 0.3) is 0 Å². The monoisotopic (exact) mass is 536 g/mol. The minimum atomic E-state index is -1.14. The normalized spacial score (nSPS) is 21.3. The SMILES string of the molecule is CC(O)(C1CC1)C1CC1.CC(O)(C1CCCCC1)C1CCCCC1.CC(O)(c1ccccn1)c1ccccn1. The average Bonchev–Trinajstić information content (AvgIpc) is 3.88. The lowest BCUT2D eigenvalue weighted by Gasteiger charge is -2.43. The molecular formula is C34H52N2O3. The number of aromatic nitrogens is 2. The maximum atomic E-state index is 10.8. The maximum absolute atomic E-state index is 10.8. The molecule has 216 valence electrons. The summed E-state index contributed by atoms with van der Waals surface area (Å²) in [5.41, 5.74) is -0.573. The molecule has 0 saturated heterocycles. The van der Waals surface area contributed by atoms with Crippen LogP contribution < -0.4 is 0 Å². The Hall–Kier alpha value is -1.82. The Labute approximate surface area is 236 Å². The number of aliphatic hydroxyl groups is 3. The van der Waals surface area contributed by atoms with Crippen molar-refractivity contribution in [1.82, 2.24) is 9.97 Å². The Bertz CT molecular complexity index is 897. The molecule has 4 aliphatic rings. The summed E-state index contributed by atoms with van der Waals surface area (Å²) in [5.74, 6) is 2.50. The van der Waals surface area contributed by atoms with E-state index in [4.69, 9.17) is 0 Å². The van der Waals surface area contributed by atoms with E-state index >= 15 is 0 Å². The highest BCUT2D eigenvalue weighted by Crippen LogP contribution is 2.51. The first-order valence-corrected chi connectivity index (χ1v) is 15.6. The number of nitrogens with zero attached hydrogens (tertiary/aromatic N) is 2. The Kier molecular flexibility index (Phi) is 10.2. The van der Waals surface area contributed by atoms with Gasteiger partial charge < -0.3 is 15.3 Å². The Morgan fingerprint density at radius 3 is 1.13 bits per heavy atom. The molecule has 4 saturated carbocycles. The molecule has 2 aromatic rings. The molecule has 5 nitrogen and oxygen atoms in total. The number of hydrogen-bond donors (Lipinski definition) is 3. The molecule has 3 N–H and O–H groups in total. The molecule has 6 rings (SSSR count). The molecule has 4 fully saturated rings. The van der Waals surface area contributed by atoms with Crippen LogP contribution in [-0.2, 0) is 5.60 Å². The highest BCUT2D eigenvalue weighted by molar-refractivity contribution is 5.25. The molecule has 5 heteroatoms. The Balaban J connectivity index is 0.000000140. The van der Waals surface area contributed by atoms with E-state index in [1.165, 1.54) is 89.9 Å². The van der Waals surface area contributed by atoms with Gasteiger partial charge in [0.05, 0.1) is 22.6 Å². The lowest BCUT2D eigenvalue weighted by molar-refractivity contribution is -0.0765. The fourth-order valence-electron chi connectivity index (χ4n) is 6.81. The fraction of sp³-hybridized carbons (Fsp3) is 0.706. The third-order valence-corrected chi connectivity index (χ3v) is 10.00. The van der Waals surface area contributed by atoms with Crippen LogP contribution in [0.15, 0.2) is 48.8 Å². The maximum Gasteiger partial charge on any atom is 0.145 e. The van der Waals surface area contributed by atoms with Crippen molar-refractivity contribution in [2.75, 3.05) is 0 Å². The lowest BCUT2D eigenvalue weighted by atomic mass is 9.67. The predicted molar refractivity (Wildman–Crippen MR) is 157 cm³/mol. The van der Waals surface area contributed by atoms with E-state index in [9.17, 15) is 15.3 Å². The van der Waals surface area contributed by atoms with E-state index in [0.29, 0.717) is 35.1 Å². The van der Waals surface area contributed by atoms with Gasteiger partial charge in [0.15, 0.2) is 0 Å². The number of rotatable bonds is 6. The molecule has 39 heavy (non-hydrogen) atoms. The van der Waals surface area contributed by atoms with Crippen LogP contribution >= 0.6 is 0 Å². The molecule has 0 aromatic carbocycles. The molecule has 2 heterocycles. The van der Waals surface area contributed by atoms with E-state index in [-0.39, 0.29) is 11.2 Å². The average molecular weight is 537 g/mol. The smallest absolute Gasteiger partial charge is 0.145 e. The summed E-state index contributed by atoms with van der Waals surface area (Å²) in [7, 11) is 0. The van der Waals surface area contributed by atoms with Gasteiger partial charge in [-0.15, -0.1) is 0 Å². The molecule has 0 aliphatic heterocycles. The van der Waals surface area contributed by atoms with E-state index in [1.807, 2.05) is 31.2 Å². The zero-order valence-corrected chi connectivity index (χ0v) is 24.6. The molecule has 0 amide bonds. The largest absolute Gasteiger partial charge is 0.390 e. The summed E-state index contributed by atoms with van der Waals surface area (Å²) in [4.78, 5) is 8.27. The molecule has 2 aromatic heterocycles. The molecule has 0 atom stereocenters. The van der Waals surface area contributed by atoms with Gasteiger partial charge in [0.2, 0.25) is 0 Å². The molecule has 0 spiro atoms. The van der Waals surface area contributed by atoms with Crippen molar-refractivity contribution in [2.45, 2.75) is 127 Å². The molecular weight excluding hydrogens is 484 g/mol. The van der Waals surface area contributed by atoms with Crippen molar-refractivity contribution < 1.29 is 15.3 Å². The van der Waals surface area contributed by atoms with Crippen LogP contribution in [0.5, 0.6) is 0 Å². The first-order valence-electron chi connectivity index (χ1n) is 15.6. The van der Waals surface area contributed by atoms with Crippen molar-refractivity contribution in [2.24, 2.45) is 23.7 Å². The van der Waals surface area contributed by atoms with Gasteiger partial charge in [0.1, 0.15) is 5.60 Å². The van der Waals surface area contributed by atoms with Crippen molar-refractivity contribution in [3.8, 4) is 0 Å². The third kappa shape index (κ3) is 8.11. The first kappa shape index (κ1) is 30.1. The molecule has 0 radical (unpaired) electrons. The highest BCUT2D eigenvalue weighted by atomic mass is 16.3. The second-order valence-electron chi connectivity index (χ2n) is 13.2. The van der Waals surface area contributed by atoms with Crippen LogP contribution in [0.1, 0.15) is 122 Å². The van der Waals surface area contributed by atoms with Gasteiger partial charge in [-0.3, -0.25) is 9.97 Å². The Morgan fingerprint density at radius 1 is 0.513 bits per heavy atom.